The monoisotopic (exact) mass is 444 g/mol. The highest BCUT2D eigenvalue weighted by atomic mass is 16.5. The molecule has 0 saturated carbocycles. The van der Waals surface area contributed by atoms with Crippen LogP contribution in [0.2, 0.25) is 0 Å². The number of aliphatic hydroxyl groups is 1. The Morgan fingerprint density at radius 2 is 1.82 bits per heavy atom. The zero-order chi connectivity index (χ0) is 23.0. The van der Waals surface area contributed by atoms with Crippen LogP contribution >= 0.6 is 0 Å². The Morgan fingerprint density at radius 1 is 1.06 bits per heavy atom. The van der Waals surface area contributed by atoms with Crippen molar-refractivity contribution in [3.63, 3.8) is 0 Å². The molecule has 0 radical (unpaired) electrons. The molecule has 1 fully saturated rings. The number of methoxy groups -OCH3 is 1. The molecule has 0 amide bonds. The summed E-state index contributed by atoms with van der Waals surface area (Å²) in [6.45, 7) is 5.66. The van der Waals surface area contributed by atoms with Crippen LogP contribution in [-0.2, 0) is 12.8 Å². The first kappa shape index (κ1) is 21.8. The minimum Gasteiger partial charge on any atom is -0.493 e. The van der Waals surface area contributed by atoms with E-state index in [-0.39, 0.29) is 17.4 Å². The van der Waals surface area contributed by atoms with E-state index >= 15 is 0 Å². The zero-order valence-corrected chi connectivity index (χ0v) is 19.6. The predicted molar refractivity (Wildman–Crippen MR) is 130 cm³/mol. The highest BCUT2D eigenvalue weighted by Gasteiger charge is 2.47. The molecule has 5 nitrogen and oxygen atoms in total. The minimum atomic E-state index is -0.458. The van der Waals surface area contributed by atoms with Crippen LogP contribution in [-0.4, -0.2) is 42.5 Å². The minimum absolute atomic E-state index is 0.102. The Hall–Kier alpha value is -3.05. The molecule has 2 heterocycles. The fraction of sp³-hybridized carbons (Fsp3) is 0.393. The number of hydrogen-bond acceptors (Lipinski definition) is 5. The fourth-order valence-electron chi connectivity index (χ4n) is 5.45. The number of aliphatic hydroxyl groups excluding tert-OH is 1. The van der Waals surface area contributed by atoms with Crippen LogP contribution < -0.4 is 14.4 Å². The molecule has 33 heavy (non-hydrogen) atoms. The van der Waals surface area contributed by atoms with Crippen molar-refractivity contribution in [3.05, 3.63) is 83.7 Å². The van der Waals surface area contributed by atoms with Crippen LogP contribution in [0.4, 0.5) is 5.69 Å². The largest absolute Gasteiger partial charge is 0.493 e. The van der Waals surface area contributed by atoms with Crippen molar-refractivity contribution >= 4 is 5.69 Å². The van der Waals surface area contributed by atoms with E-state index in [1.165, 1.54) is 11.1 Å². The van der Waals surface area contributed by atoms with Crippen LogP contribution in [0.3, 0.4) is 0 Å². The van der Waals surface area contributed by atoms with Gasteiger partial charge in [0.25, 0.3) is 0 Å². The molecule has 5 rings (SSSR count). The van der Waals surface area contributed by atoms with E-state index in [1.54, 1.807) is 13.3 Å². The molecule has 0 unspecified atom stereocenters. The molecular formula is C28H32N2O3. The summed E-state index contributed by atoms with van der Waals surface area (Å²) in [5.41, 5.74) is 4.67. The molecule has 2 aliphatic rings. The number of ether oxygens (including phenoxy) is 2. The third kappa shape index (κ3) is 4.06. The van der Waals surface area contributed by atoms with Gasteiger partial charge >= 0.3 is 0 Å². The lowest BCUT2D eigenvalue weighted by Crippen LogP contribution is -2.37. The Morgan fingerprint density at radius 3 is 2.45 bits per heavy atom. The Balaban J connectivity index is 1.43. The van der Waals surface area contributed by atoms with E-state index in [1.807, 2.05) is 25.3 Å². The maximum Gasteiger partial charge on any atom is 0.161 e. The van der Waals surface area contributed by atoms with E-state index in [0.29, 0.717) is 0 Å². The van der Waals surface area contributed by atoms with Gasteiger partial charge in [0.05, 0.1) is 25.1 Å². The standard InChI is InChI=1S/C28H32N2O3/c1-19(31)28(2)18-30(23-9-6-12-29-16-23)17-25(28)22-10-11-26(32-3)27(15-22)33-24-13-20-7-4-5-8-21(20)14-24/h4-12,15-16,19,24-25,31H,13-14,17-18H2,1-3H3/t19-,25+,28+/m1/s1. The van der Waals surface area contributed by atoms with Crippen LogP contribution in [0.1, 0.15) is 36.5 Å². The molecule has 5 heteroatoms. The molecular weight excluding hydrogens is 412 g/mol. The molecule has 3 atom stereocenters. The second-order valence-corrected chi connectivity index (χ2v) is 9.65. The summed E-state index contributed by atoms with van der Waals surface area (Å²) < 4.78 is 12.2. The molecule has 1 aromatic heterocycles. The highest BCUT2D eigenvalue weighted by molar-refractivity contribution is 5.50. The Labute approximate surface area is 196 Å². The molecule has 1 saturated heterocycles. The topological polar surface area (TPSA) is 54.8 Å². The van der Waals surface area contributed by atoms with Gasteiger partial charge in [-0.2, -0.15) is 0 Å². The quantitative estimate of drug-likeness (QED) is 0.601. The first-order valence-electron chi connectivity index (χ1n) is 11.7. The van der Waals surface area contributed by atoms with Crippen LogP contribution in [0, 0.1) is 5.41 Å². The Bertz CT molecular complexity index is 1090. The fourth-order valence-corrected chi connectivity index (χ4v) is 5.45. The van der Waals surface area contributed by atoms with Crippen LogP contribution in [0.15, 0.2) is 67.0 Å². The number of hydrogen-bond donors (Lipinski definition) is 1. The van der Waals surface area contributed by atoms with Crippen molar-refractivity contribution in [2.24, 2.45) is 5.41 Å². The highest BCUT2D eigenvalue weighted by Crippen LogP contribution is 2.48. The van der Waals surface area contributed by atoms with Gasteiger partial charge in [-0.3, -0.25) is 4.98 Å². The maximum absolute atomic E-state index is 10.8. The average Bonchev–Trinajstić information content (AvgIpc) is 3.41. The van der Waals surface area contributed by atoms with Crippen LogP contribution in [0.5, 0.6) is 11.5 Å². The van der Waals surface area contributed by atoms with Gasteiger partial charge in [-0.05, 0) is 47.9 Å². The maximum atomic E-state index is 10.8. The first-order chi connectivity index (χ1) is 16.0. The Kier molecular flexibility index (Phi) is 5.75. The summed E-state index contributed by atoms with van der Waals surface area (Å²) in [4.78, 5) is 6.61. The van der Waals surface area contributed by atoms with E-state index < -0.39 is 6.10 Å². The summed E-state index contributed by atoms with van der Waals surface area (Å²) in [7, 11) is 1.69. The lowest BCUT2D eigenvalue weighted by atomic mass is 9.72. The van der Waals surface area contributed by atoms with Gasteiger partial charge in [-0.15, -0.1) is 0 Å². The van der Waals surface area contributed by atoms with Crippen LogP contribution in [0.25, 0.3) is 0 Å². The van der Waals surface area contributed by atoms with Gasteiger partial charge in [0.1, 0.15) is 6.10 Å². The number of pyridine rings is 1. The van der Waals surface area contributed by atoms with E-state index in [2.05, 4.69) is 59.3 Å². The number of anilines is 1. The normalized spacial score (nSPS) is 23.4. The molecule has 1 N–H and O–H groups in total. The lowest BCUT2D eigenvalue weighted by molar-refractivity contribution is 0.0558. The smallest absolute Gasteiger partial charge is 0.161 e. The summed E-state index contributed by atoms with van der Waals surface area (Å²) in [5.74, 6) is 1.67. The van der Waals surface area contributed by atoms with Crippen molar-refractivity contribution in [3.8, 4) is 11.5 Å². The van der Waals surface area contributed by atoms with Gasteiger partial charge in [-0.1, -0.05) is 37.3 Å². The van der Waals surface area contributed by atoms with Crippen molar-refractivity contribution in [1.82, 2.24) is 4.98 Å². The van der Waals surface area contributed by atoms with Gasteiger partial charge in [0.15, 0.2) is 11.5 Å². The van der Waals surface area contributed by atoms with Gasteiger partial charge in [0, 0.05) is 43.5 Å². The van der Waals surface area contributed by atoms with E-state index in [0.717, 1.165) is 48.7 Å². The molecule has 172 valence electrons. The summed E-state index contributed by atoms with van der Waals surface area (Å²) in [6.07, 6.45) is 5.15. The van der Waals surface area contributed by atoms with Gasteiger partial charge < -0.3 is 19.5 Å². The summed E-state index contributed by atoms with van der Waals surface area (Å²) >= 11 is 0. The summed E-state index contributed by atoms with van der Waals surface area (Å²) in [5, 5.41) is 10.8. The van der Waals surface area contributed by atoms with Gasteiger partial charge in [0.2, 0.25) is 0 Å². The SMILES string of the molecule is COc1ccc([C@@H]2CN(c3cccnc3)C[C@@]2(C)[C@@H](C)O)cc1OC1Cc2ccccc2C1. The number of benzene rings is 2. The molecule has 1 aliphatic carbocycles. The van der Waals surface area contributed by atoms with Crippen molar-refractivity contribution in [2.45, 2.75) is 44.8 Å². The molecule has 3 aromatic rings. The molecule has 0 spiro atoms. The van der Waals surface area contributed by atoms with Gasteiger partial charge in [-0.25, -0.2) is 0 Å². The van der Waals surface area contributed by atoms with Crippen molar-refractivity contribution < 1.29 is 14.6 Å². The second-order valence-electron chi connectivity index (χ2n) is 9.65. The third-order valence-corrected chi connectivity index (χ3v) is 7.59. The van der Waals surface area contributed by atoms with E-state index in [9.17, 15) is 5.11 Å². The molecule has 1 aliphatic heterocycles. The lowest BCUT2D eigenvalue weighted by Gasteiger charge is -2.34. The van der Waals surface area contributed by atoms with Crippen molar-refractivity contribution in [1.29, 1.82) is 0 Å². The third-order valence-electron chi connectivity index (χ3n) is 7.59. The van der Waals surface area contributed by atoms with Crippen molar-refractivity contribution in [2.75, 3.05) is 25.1 Å². The number of nitrogens with zero attached hydrogens (tertiary/aromatic N) is 2. The average molecular weight is 445 g/mol. The summed E-state index contributed by atoms with van der Waals surface area (Å²) in [6, 6.07) is 18.8. The number of rotatable bonds is 6. The molecule has 0 bridgehead atoms. The second kappa shape index (κ2) is 8.71. The predicted octanol–water partition coefficient (Wildman–Crippen LogP) is 4.63. The number of aromatic nitrogens is 1. The zero-order valence-electron chi connectivity index (χ0n) is 19.6. The number of fused-ring (bicyclic) bond motifs is 1. The van der Waals surface area contributed by atoms with E-state index in [4.69, 9.17) is 9.47 Å². The molecule has 2 aromatic carbocycles. The first-order valence-corrected chi connectivity index (χ1v) is 11.7.